The number of ether oxygens (including phenoxy) is 2. The van der Waals surface area contributed by atoms with Gasteiger partial charge in [-0.3, -0.25) is 0 Å². The fourth-order valence-corrected chi connectivity index (χ4v) is 5.36. The highest BCUT2D eigenvalue weighted by Crippen LogP contribution is 2.37. The fourth-order valence-electron chi connectivity index (χ4n) is 5.36. The zero-order valence-electron chi connectivity index (χ0n) is 23.5. The maximum atomic E-state index is 12.6. The van der Waals surface area contributed by atoms with Gasteiger partial charge >= 0.3 is 5.97 Å². The van der Waals surface area contributed by atoms with Gasteiger partial charge < -0.3 is 19.5 Å². The van der Waals surface area contributed by atoms with Crippen LogP contribution in [0.25, 0.3) is 17.8 Å². The number of hydrogen-bond acceptors (Lipinski definition) is 6. The van der Waals surface area contributed by atoms with Crippen LogP contribution < -0.4 is 4.90 Å². The Morgan fingerprint density at radius 3 is 2.62 bits per heavy atom. The van der Waals surface area contributed by atoms with E-state index in [0.717, 1.165) is 30.8 Å². The Labute approximate surface area is 230 Å². The summed E-state index contributed by atoms with van der Waals surface area (Å²) in [5.41, 5.74) is 4.08. The summed E-state index contributed by atoms with van der Waals surface area (Å²) in [4.78, 5) is 19.6. The molecule has 206 valence electrons. The molecule has 2 aromatic heterocycles. The van der Waals surface area contributed by atoms with Crippen molar-refractivity contribution in [1.29, 1.82) is 0 Å². The lowest BCUT2D eigenvalue weighted by molar-refractivity contribution is -0.160. The van der Waals surface area contributed by atoms with Crippen molar-refractivity contribution >= 4 is 29.6 Å². The van der Waals surface area contributed by atoms with E-state index in [1.165, 1.54) is 11.1 Å². The number of allylic oxidation sites excluding steroid dienone is 1. The summed E-state index contributed by atoms with van der Waals surface area (Å²) in [7, 11) is 0. The fraction of sp³-hybridized carbons (Fsp3) is 0.452. The molecule has 3 aromatic rings. The van der Waals surface area contributed by atoms with E-state index in [1.54, 1.807) is 4.52 Å². The maximum Gasteiger partial charge on any atom is 0.337 e. The standard InChI is InChI=1S/C31H38N4O4/c1-21-26(27(29(36)37)39-30(2,3)4)28-34-17-15-31(5,16-18-34)38-19-9-13-23-11-7-6-10-22(23)12-8-14-24-20-25(32-21)35(28)33-24/h6-11,13-14,20,27H,12,15-19H2,1-5H3,(H,36,37)/t27-/m0/s1. The number of nitrogens with zero attached hydrogens (tertiary/aromatic N) is 4. The van der Waals surface area contributed by atoms with Gasteiger partial charge in [-0.25, -0.2) is 9.78 Å². The molecule has 3 aliphatic rings. The Balaban J connectivity index is 1.66. The predicted molar refractivity (Wildman–Crippen MR) is 153 cm³/mol. The highest BCUT2D eigenvalue weighted by Gasteiger charge is 2.37. The minimum atomic E-state index is -1.18. The molecule has 0 aliphatic carbocycles. The minimum Gasteiger partial charge on any atom is -0.479 e. The summed E-state index contributed by atoms with van der Waals surface area (Å²) < 4.78 is 14.3. The molecule has 1 N–H and O–H groups in total. The molecule has 1 fully saturated rings. The SMILES string of the molecule is Cc1nc2cc3nn2c(c1[C@H](OC(C)(C)C)C(=O)O)N1CCC(C)(CC1)OCC=Cc1ccccc1CC=C3. The molecular weight excluding hydrogens is 492 g/mol. The van der Waals surface area contributed by atoms with Gasteiger partial charge in [-0.2, -0.15) is 9.61 Å². The van der Waals surface area contributed by atoms with Gasteiger partial charge in [0.25, 0.3) is 0 Å². The molecule has 39 heavy (non-hydrogen) atoms. The number of benzene rings is 1. The smallest absolute Gasteiger partial charge is 0.337 e. The molecule has 0 spiro atoms. The second kappa shape index (κ2) is 10.6. The van der Waals surface area contributed by atoms with Crippen LogP contribution in [0.4, 0.5) is 5.82 Å². The molecule has 8 heteroatoms. The number of fused-ring (bicyclic) bond motifs is 5. The lowest BCUT2D eigenvalue weighted by Gasteiger charge is -2.41. The summed E-state index contributed by atoms with van der Waals surface area (Å²) in [5.74, 6) is -0.317. The number of carboxylic acids is 1. The van der Waals surface area contributed by atoms with Gasteiger partial charge in [-0.05, 0) is 71.1 Å². The van der Waals surface area contributed by atoms with Crippen molar-refractivity contribution in [2.24, 2.45) is 0 Å². The van der Waals surface area contributed by atoms with E-state index in [2.05, 4.69) is 54.3 Å². The first-order valence-electron chi connectivity index (χ1n) is 13.6. The van der Waals surface area contributed by atoms with Crippen molar-refractivity contribution < 1.29 is 19.4 Å². The van der Waals surface area contributed by atoms with Crippen LogP contribution in [-0.2, 0) is 20.7 Å². The van der Waals surface area contributed by atoms with Gasteiger partial charge in [0.15, 0.2) is 11.8 Å². The topological polar surface area (TPSA) is 89.2 Å². The normalized spacial score (nSPS) is 18.3. The van der Waals surface area contributed by atoms with Gasteiger partial charge in [-0.1, -0.05) is 42.5 Å². The Hall–Kier alpha value is -3.49. The van der Waals surface area contributed by atoms with E-state index in [0.29, 0.717) is 36.6 Å². The monoisotopic (exact) mass is 530 g/mol. The number of carboxylic acid groups (broad SMARTS) is 1. The summed E-state index contributed by atoms with van der Waals surface area (Å²) in [5, 5.41) is 15.2. The first-order valence-corrected chi connectivity index (χ1v) is 13.6. The van der Waals surface area contributed by atoms with Crippen LogP contribution >= 0.6 is 0 Å². The number of rotatable bonds is 3. The lowest BCUT2D eigenvalue weighted by atomic mass is 9.92. The van der Waals surface area contributed by atoms with E-state index >= 15 is 0 Å². The van der Waals surface area contributed by atoms with Crippen LogP contribution in [0.2, 0.25) is 0 Å². The van der Waals surface area contributed by atoms with Gasteiger partial charge in [0.05, 0.1) is 29.1 Å². The van der Waals surface area contributed by atoms with Crippen molar-refractivity contribution in [3.63, 3.8) is 0 Å². The Kier molecular flexibility index (Phi) is 7.35. The summed E-state index contributed by atoms with van der Waals surface area (Å²) in [6.45, 7) is 11.5. The van der Waals surface area contributed by atoms with Crippen molar-refractivity contribution in [2.45, 2.75) is 71.2 Å². The Morgan fingerprint density at radius 1 is 1.15 bits per heavy atom. The van der Waals surface area contributed by atoms with E-state index in [-0.39, 0.29) is 5.60 Å². The van der Waals surface area contributed by atoms with Gasteiger partial charge in [0, 0.05) is 24.8 Å². The van der Waals surface area contributed by atoms with Crippen LogP contribution in [0.3, 0.4) is 0 Å². The number of piperidine rings is 1. The van der Waals surface area contributed by atoms with Gasteiger partial charge in [0.1, 0.15) is 5.82 Å². The van der Waals surface area contributed by atoms with Crippen LogP contribution in [0.5, 0.6) is 0 Å². The highest BCUT2D eigenvalue weighted by atomic mass is 16.5. The average Bonchev–Trinajstić information content (AvgIpc) is 3.27. The third-order valence-electron chi connectivity index (χ3n) is 7.41. The van der Waals surface area contributed by atoms with Crippen LogP contribution in [0, 0.1) is 6.92 Å². The zero-order chi connectivity index (χ0) is 27.8. The summed E-state index contributed by atoms with van der Waals surface area (Å²) in [6.07, 6.45) is 9.50. The van der Waals surface area contributed by atoms with Crippen LogP contribution in [0.15, 0.2) is 42.5 Å². The average molecular weight is 531 g/mol. The largest absolute Gasteiger partial charge is 0.479 e. The van der Waals surface area contributed by atoms with E-state index < -0.39 is 17.7 Å². The van der Waals surface area contributed by atoms with Crippen LogP contribution in [0.1, 0.15) is 74.7 Å². The third kappa shape index (κ3) is 5.92. The first kappa shape index (κ1) is 27.1. The number of anilines is 1. The second-order valence-electron chi connectivity index (χ2n) is 11.7. The van der Waals surface area contributed by atoms with E-state index in [4.69, 9.17) is 19.6 Å². The number of aromatic nitrogens is 3. The molecule has 5 heterocycles. The van der Waals surface area contributed by atoms with Gasteiger partial charge in [-0.15, -0.1) is 0 Å². The van der Waals surface area contributed by atoms with Gasteiger partial charge in [0.2, 0.25) is 0 Å². The number of aliphatic carboxylic acids is 1. The Bertz CT molecular complexity index is 1420. The maximum absolute atomic E-state index is 12.6. The minimum absolute atomic E-state index is 0.277. The van der Waals surface area contributed by atoms with E-state index in [1.807, 2.05) is 39.8 Å². The molecule has 0 amide bonds. The molecule has 1 saturated heterocycles. The molecule has 6 rings (SSSR count). The van der Waals surface area contributed by atoms with Crippen LogP contribution in [-0.4, -0.2) is 56.6 Å². The quantitative estimate of drug-likeness (QED) is 0.469. The molecule has 0 unspecified atom stereocenters. The lowest BCUT2D eigenvalue weighted by Crippen LogP contribution is -2.45. The number of hydrogen-bond donors (Lipinski definition) is 1. The first-order chi connectivity index (χ1) is 18.5. The zero-order valence-corrected chi connectivity index (χ0v) is 23.5. The van der Waals surface area contributed by atoms with Crippen molar-refractivity contribution in [3.8, 4) is 0 Å². The number of aryl methyl sites for hydroxylation is 1. The third-order valence-corrected chi connectivity index (χ3v) is 7.41. The summed E-state index contributed by atoms with van der Waals surface area (Å²) in [6, 6.07) is 10.3. The summed E-state index contributed by atoms with van der Waals surface area (Å²) >= 11 is 0. The molecule has 1 atom stereocenters. The van der Waals surface area contributed by atoms with Crippen molar-refractivity contribution in [1.82, 2.24) is 14.6 Å². The molecule has 8 nitrogen and oxygen atoms in total. The van der Waals surface area contributed by atoms with E-state index in [9.17, 15) is 9.90 Å². The Morgan fingerprint density at radius 2 is 1.90 bits per heavy atom. The predicted octanol–water partition coefficient (Wildman–Crippen LogP) is 5.64. The highest BCUT2D eigenvalue weighted by molar-refractivity contribution is 5.78. The number of carbonyl (C=O) groups is 1. The molecule has 4 bridgehead atoms. The molecular formula is C31H38N4O4. The second-order valence-corrected chi connectivity index (χ2v) is 11.7. The molecule has 3 aliphatic heterocycles. The molecule has 1 aromatic carbocycles. The molecule has 0 saturated carbocycles. The van der Waals surface area contributed by atoms with Crippen molar-refractivity contribution in [3.05, 3.63) is 70.6 Å². The molecule has 0 radical (unpaired) electrons. The van der Waals surface area contributed by atoms with Crippen molar-refractivity contribution in [2.75, 3.05) is 24.6 Å².